The third kappa shape index (κ3) is 33.1. The molecule has 0 bridgehead atoms. The Morgan fingerprint density at radius 1 is 0.336 bits per heavy atom. The molecule has 0 spiro atoms. The van der Waals surface area contributed by atoms with Gasteiger partial charge in [0.25, 0.3) is 0 Å². The number of aryl methyl sites for hydroxylation is 7. The van der Waals surface area contributed by atoms with Crippen LogP contribution in [0.2, 0.25) is 30.4 Å². The van der Waals surface area contributed by atoms with E-state index in [0.717, 1.165) is 67.2 Å². The fourth-order valence-corrected chi connectivity index (χ4v) is 16.3. The number of ether oxygens (including phenoxy) is 4. The van der Waals surface area contributed by atoms with Crippen LogP contribution < -0.4 is 18.9 Å². The van der Waals surface area contributed by atoms with E-state index in [4.69, 9.17) is 95.0 Å². The van der Waals surface area contributed by atoms with E-state index >= 15 is 0 Å². The quantitative estimate of drug-likeness (QED) is 0.121. The third-order valence-electron chi connectivity index (χ3n) is 17.5. The first-order valence-electron chi connectivity index (χ1n) is 38.4. The van der Waals surface area contributed by atoms with Crippen molar-refractivity contribution in [2.75, 3.05) is 28.4 Å². The summed E-state index contributed by atoms with van der Waals surface area (Å²) in [5, 5.41) is 3.79. The SMILES string of the molecule is C#Cc1cncc(F)c1C(C)(C)C.CC(C)(C)c1c(F)cncc1Cl.COc1ccc(Cl)c(C(C)(C)C)n1.COc1ncc(C)c(C(C)(C)C)c1C.COc1ncc(C)c(C(C)(C)C)c1Cl.COc1nccc(C)c1C(C)(C)C.Cc1cc(C)c(C(C)(C)C)c(Cl)n1.Cc1ccnc(Cl)c1C(C)(C)C.Cc1nccc(Cl)c1C(C)(C)C. The molecule has 0 aliphatic carbocycles. The van der Waals surface area contributed by atoms with E-state index in [1.165, 1.54) is 58.2 Å². The smallest absolute Gasteiger partial charge is 0.232 e. The molecule has 0 fully saturated rings. The monoisotopic (exact) mass is 1710 g/mol. The van der Waals surface area contributed by atoms with Gasteiger partial charge in [0.1, 0.15) is 27.0 Å². The van der Waals surface area contributed by atoms with Crippen molar-refractivity contribution >= 4 is 69.6 Å². The van der Waals surface area contributed by atoms with Crippen LogP contribution in [0.1, 0.15) is 287 Å². The van der Waals surface area contributed by atoms with Crippen LogP contribution in [0.5, 0.6) is 23.5 Å². The van der Waals surface area contributed by atoms with Gasteiger partial charge in [-0.2, -0.15) is 0 Å². The highest BCUT2D eigenvalue weighted by Gasteiger charge is 2.29. The summed E-state index contributed by atoms with van der Waals surface area (Å²) >= 11 is 36.2. The average Bonchev–Trinajstić information content (AvgIpc) is 0.805. The minimum Gasteiger partial charge on any atom is -0.481 e. The molecule has 9 aromatic heterocycles. The number of methoxy groups -OCH3 is 4. The van der Waals surface area contributed by atoms with E-state index in [-0.39, 0.29) is 60.4 Å². The lowest BCUT2D eigenvalue weighted by molar-refractivity contribution is 0.380. The van der Waals surface area contributed by atoms with Crippen molar-refractivity contribution < 1.29 is 27.7 Å². The Bertz CT molecular complexity index is 4410. The van der Waals surface area contributed by atoms with Gasteiger partial charge in [0.05, 0.1) is 56.6 Å². The lowest BCUT2D eigenvalue weighted by Crippen LogP contribution is -2.16. The lowest BCUT2D eigenvalue weighted by atomic mass is 9.82. The Labute approximate surface area is 727 Å². The second kappa shape index (κ2) is 44.7. The zero-order chi connectivity index (χ0) is 90.3. The Kier molecular flexibility index (Phi) is 41.1. The van der Waals surface area contributed by atoms with Gasteiger partial charge in [-0.25, -0.2) is 38.7 Å². The van der Waals surface area contributed by atoms with Gasteiger partial charge in [-0.3, -0.25) is 15.0 Å². The fourth-order valence-electron chi connectivity index (χ4n) is 13.4. The second-order valence-electron chi connectivity index (χ2n) is 37.5. The van der Waals surface area contributed by atoms with E-state index < -0.39 is 0 Å². The Morgan fingerprint density at radius 2 is 0.750 bits per heavy atom. The van der Waals surface area contributed by atoms with Crippen molar-refractivity contribution in [3.63, 3.8) is 0 Å². The molecular formula is C95H133Cl6F2N9O4. The molecule has 9 aromatic rings. The Morgan fingerprint density at radius 3 is 1.11 bits per heavy atom. The van der Waals surface area contributed by atoms with Crippen molar-refractivity contribution in [2.24, 2.45) is 0 Å². The van der Waals surface area contributed by atoms with Gasteiger partial charge in [-0.15, -0.1) is 6.42 Å². The molecule has 116 heavy (non-hydrogen) atoms. The van der Waals surface area contributed by atoms with Crippen molar-refractivity contribution in [2.45, 2.75) is 291 Å². The van der Waals surface area contributed by atoms with E-state index in [1.807, 2.05) is 92.8 Å². The van der Waals surface area contributed by atoms with Crippen molar-refractivity contribution in [1.82, 2.24) is 44.9 Å². The molecule has 0 saturated carbocycles. The summed E-state index contributed by atoms with van der Waals surface area (Å²) in [6.07, 6.45) is 19.6. The van der Waals surface area contributed by atoms with E-state index in [0.29, 0.717) is 53.8 Å². The van der Waals surface area contributed by atoms with Crippen LogP contribution in [-0.4, -0.2) is 73.3 Å². The van der Waals surface area contributed by atoms with Gasteiger partial charge in [-0.05, 0) is 185 Å². The number of hydrogen-bond acceptors (Lipinski definition) is 13. The number of aromatic nitrogens is 9. The molecule has 9 rings (SSSR count). The highest BCUT2D eigenvalue weighted by Crippen LogP contribution is 2.40. The molecule has 0 N–H and O–H groups in total. The van der Waals surface area contributed by atoms with Crippen LogP contribution in [0, 0.1) is 79.4 Å². The number of halogens is 8. The van der Waals surface area contributed by atoms with Crippen molar-refractivity contribution in [3.05, 3.63) is 235 Å². The first kappa shape index (κ1) is 107. The van der Waals surface area contributed by atoms with Crippen LogP contribution in [0.25, 0.3) is 0 Å². The van der Waals surface area contributed by atoms with E-state index in [2.05, 4.69) is 237 Å². The second-order valence-corrected chi connectivity index (χ2v) is 39.8. The number of hydrogen-bond donors (Lipinski definition) is 0. The maximum atomic E-state index is 13.4. The Hall–Kier alpha value is -7.29. The molecule has 0 aromatic carbocycles. The number of rotatable bonds is 4. The first-order chi connectivity index (χ1) is 52.7. The van der Waals surface area contributed by atoms with E-state index in [9.17, 15) is 8.78 Å². The third-order valence-corrected chi connectivity index (χ3v) is 19.3. The van der Waals surface area contributed by atoms with Crippen LogP contribution in [0.4, 0.5) is 8.78 Å². The van der Waals surface area contributed by atoms with Gasteiger partial charge in [0.15, 0.2) is 0 Å². The number of pyridine rings is 9. The summed E-state index contributed by atoms with van der Waals surface area (Å²) in [6, 6.07) is 11.5. The normalized spacial score (nSPS) is 11.6. The van der Waals surface area contributed by atoms with Gasteiger partial charge in [0, 0.05) is 99.1 Å². The highest BCUT2D eigenvalue weighted by atomic mass is 35.5. The predicted molar refractivity (Wildman–Crippen MR) is 488 cm³/mol. The molecule has 9 heterocycles. The summed E-state index contributed by atoms with van der Waals surface area (Å²) in [6.45, 7) is 72.9. The van der Waals surface area contributed by atoms with Gasteiger partial charge in [-0.1, -0.05) is 262 Å². The zero-order valence-corrected chi connectivity index (χ0v) is 81.5. The topological polar surface area (TPSA) is 153 Å². The fraction of sp³-hybridized carbons (Fsp3) is 0.505. The molecule has 0 amide bonds. The van der Waals surface area contributed by atoms with Gasteiger partial charge >= 0.3 is 0 Å². The molecule has 0 aliphatic heterocycles. The summed E-state index contributed by atoms with van der Waals surface area (Å²) in [5.41, 5.74) is 18.6. The lowest BCUT2D eigenvalue weighted by Gasteiger charge is -2.24. The molecule has 0 aliphatic rings. The molecule has 0 unspecified atom stereocenters. The van der Waals surface area contributed by atoms with Crippen LogP contribution in [-0.2, 0) is 48.7 Å². The molecule has 0 saturated heterocycles. The molecular weight excluding hydrogens is 1580 g/mol. The average molecular weight is 1720 g/mol. The van der Waals surface area contributed by atoms with Crippen molar-refractivity contribution in [1.29, 1.82) is 0 Å². The number of nitrogens with zero attached hydrogens (tertiary/aromatic N) is 9. The first-order valence-corrected chi connectivity index (χ1v) is 40.7. The zero-order valence-electron chi connectivity index (χ0n) is 76.9. The standard InChI is InChI=1S/C12H19NO.C11H16ClNO.C11H16ClN.C11H12FN.C11H17NO.C10H14ClNO.2C10H14ClN.C9H11ClFN/c1-8-7-13-11(14-6)9(2)10(8)12(3,4)5;1-7-6-13-10(14-5)9(12)8(7)11(2,3)4;1-7-6-8(2)13-10(12)9(7)11(3,4)5;1-5-8-6-13-7-9(12)10(8)11(2,3)4;1-8-6-7-12-10(13-5)9(8)11(2,3)4;1-10(2,3)9-7(11)5-6-8(12-9)13-4;1-7-9(10(2,3)4)8(11)5-6-12-7;1-7-5-6-12-9(11)8(7)10(2,3)4;1-9(2,3)8-6(10)4-12-5-7(8)11/h7H,1-6H3;6H,1-5H3;6H,1-5H3;1,6-7H,2-4H3;6-7H,1-5H3;5-6H,1-4H3;2*5-6H,1-4H3;4-5H,1-3H3. The van der Waals surface area contributed by atoms with Crippen LogP contribution in [0.3, 0.4) is 0 Å². The van der Waals surface area contributed by atoms with Crippen LogP contribution in [0.15, 0.2) is 92.2 Å². The molecule has 13 nitrogen and oxygen atoms in total. The van der Waals surface area contributed by atoms with E-state index in [1.54, 1.807) is 59.3 Å². The van der Waals surface area contributed by atoms with Gasteiger partial charge in [0.2, 0.25) is 23.5 Å². The minimum absolute atomic E-state index is 0.0113. The molecule has 0 radical (unpaired) electrons. The van der Waals surface area contributed by atoms with Gasteiger partial charge < -0.3 is 18.9 Å². The maximum Gasteiger partial charge on any atom is 0.232 e. The molecule has 21 heteroatoms. The van der Waals surface area contributed by atoms with Crippen molar-refractivity contribution in [3.8, 4) is 35.9 Å². The largest absolute Gasteiger partial charge is 0.481 e. The molecule has 0 atom stereocenters. The summed E-state index contributed by atoms with van der Waals surface area (Å²) in [4.78, 5) is 36.8. The Balaban J connectivity index is 0.000000653. The maximum absolute atomic E-state index is 13.4. The highest BCUT2D eigenvalue weighted by molar-refractivity contribution is 6.33. The summed E-state index contributed by atoms with van der Waals surface area (Å²) in [5.74, 6) is 4.36. The summed E-state index contributed by atoms with van der Waals surface area (Å²) in [7, 11) is 6.51. The minimum atomic E-state index is -0.338. The summed E-state index contributed by atoms with van der Waals surface area (Å²) < 4.78 is 47.2. The van der Waals surface area contributed by atoms with Crippen LogP contribution >= 0.6 is 69.6 Å². The number of terminal acetylenes is 1. The predicted octanol–water partition coefficient (Wildman–Crippen LogP) is 28.1. The molecule has 638 valence electrons.